The van der Waals surface area contributed by atoms with Crippen molar-refractivity contribution in [3.05, 3.63) is 28.2 Å². The maximum Gasteiger partial charge on any atom is 0.341 e. The van der Waals surface area contributed by atoms with Crippen LogP contribution in [0.1, 0.15) is 30.1 Å². The Labute approximate surface area is 128 Å². The standard InChI is InChI=1S/C13H18BrNO3.ClH/c1-9(15)4-3-7-18-12-8-10(14)5-6-11(12)13(16)17-2;/h5-6,8-9H,3-4,7,15H2,1-2H3;1H/t9-;/m1./s1. The number of carbonyl (C=O) groups is 1. The van der Waals surface area contributed by atoms with Crippen LogP contribution in [0.25, 0.3) is 0 Å². The topological polar surface area (TPSA) is 61.5 Å². The Hall–Kier alpha value is -0.780. The molecule has 1 aromatic carbocycles. The number of hydrogen-bond acceptors (Lipinski definition) is 4. The SMILES string of the molecule is COC(=O)c1ccc(Br)cc1OCCC[C@@H](C)N.Cl. The van der Waals surface area contributed by atoms with E-state index < -0.39 is 5.97 Å². The first kappa shape index (κ1) is 18.2. The van der Waals surface area contributed by atoms with Crippen molar-refractivity contribution in [1.29, 1.82) is 0 Å². The van der Waals surface area contributed by atoms with Crippen LogP contribution in [-0.2, 0) is 4.74 Å². The number of ether oxygens (including phenoxy) is 2. The number of nitrogens with two attached hydrogens (primary N) is 1. The first-order chi connectivity index (χ1) is 8.54. The summed E-state index contributed by atoms with van der Waals surface area (Å²) in [6.45, 7) is 2.49. The molecule has 2 N–H and O–H groups in total. The molecule has 0 unspecified atom stereocenters. The number of benzene rings is 1. The van der Waals surface area contributed by atoms with Gasteiger partial charge in [0.25, 0.3) is 0 Å². The number of methoxy groups -OCH3 is 1. The molecule has 0 aliphatic rings. The molecule has 0 aliphatic heterocycles. The molecule has 0 heterocycles. The summed E-state index contributed by atoms with van der Waals surface area (Å²) in [5.41, 5.74) is 6.09. The van der Waals surface area contributed by atoms with Gasteiger partial charge in [-0.05, 0) is 38.0 Å². The summed E-state index contributed by atoms with van der Waals surface area (Å²) in [4.78, 5) is 11.5. The van der Waals surface area contributed by atoms with Crippen molar-refractivity contribution in [2.75, 3.05) is 13.7 Å². The highest BCUT2D eigenvalue weighted by molar-refractivity contribution is 9.10. The van der Waals surface area contributed by atoms with E-state index in [4.69, 9.17) is 15.2 Å². The number of hydrogen-bond donors (Lipinski definition) is 1. The molecule has 0 saturated heterocycles. The number of rotatable bonds is 6. The predicted molar refractivity (Wildman–Crippen MR) is 81.1 cm³/mol. The lowest BCUT2D eigenvalue weighted by molar-refractivity contribution is 0.0596. The second kappa shape index (κ2) is 9.18. The Morgan fingerprint density at radius 2 is 2.16 bits per heavy atom. The molecule has 0 fully saturated rings. The third-order valence-electron chi connectivity index (χ3n) is 2.41. The molecule has 0 radical (unpaired) electrons. The molecule has 0 spiro atoms. The maximum absolute atomic E-state index is 11.5. The molecular formula is C13H19BrClNO3. The van der Waals surface area contributed by atoms with Gasteiger partial charge in [-0.3, -0.25) is 0 Å². The summed E-state index contributed by atoms with van der Waals surface area (Å²) in [7, 11) is 1.35. The summed E-state index contributed by atoms with van der Waals surface area (Å²) < 4.78 is 11.2. The van der Waals surface area contributed by atoms with E-state index >= 15 is 0 Å². The maximum atomic E-state index is 11.5. The zero-order valence-corrected chi connectivity index (χ0v) is 13.4. The van der Waals surface area contributed by atoms with Crippen molar-refractivity contribution in [2.24, 2.45) is 5.73 Å². The zero-order valence-electron chi connectivity index (χ0n) is 11.0. The van der Waals surface area contributed by atoms with E-state index in [2.05, 4.69) is 15.9 Å². The molecule has 0 amide bonds. The normalized spacial score (nSPS) is 11.4. The van der Waals surface area contributed by atoms with Gasteiger partial charge >= 0.3 is 5.97 Å². The molecule has 6 heteroatoms. The van der Waals surface area contributed by atoms with Gasteiger partial charge in [-0.2, -0.15) is 0 Å². The Morgan fingerprint density at radius 1 is 1.47 bits per heavy atom. The molecule has 4 nitrogen and oxygen atoms in total. The molecule has 1 aromatic rings. The Kier molecular flexibility index (Phi) is 8.80. The number of halogens is 2. The van der Waals surface area contributed by atoms with Crippen molar-refractivity contribution in [3.63, 3.8) is 0 Å². The molecular weight excluding hydrogens is 334 g/mol. The summed E-state index contributed by atoms with van der Waals surface area (Å²) in [6, 6.07) is 5.38. The fourth-order valence-electron chi connectivity index (χ4n) is 1.48. The molecule has 1 atom stereocenters. The minimum atomic E-state index is -0.398. The van der Waals surface area contributed by atoms with Gasteiger partial charge in [0.15, 0.2) is 0 Å². The van der Waals surface area contributed by atoms with E-state index in [9.17, 15) is 4.79 Å². The smallest absolute Gasteiger partial charge is 0.341 e. The number of carbonyl (C=O) groups excluding carboxylic acids is 1. The van der Waals surface area contributed by atoms with Crippen LogP contribution in [0.5, 0.6) is 5.75 Å². The molecule has 0 saturated carbocycles. The minimum Gasteiger partial charge on any atom is -0.493 e. The Morgan fingerprint density at radius 3 is 2.74 bits per heavy atom. The van der Waals surface area contributed by atoms with Crippen molar-refractivity contribution in [3.8, 4) is 5.75 Å². The van der Waals surface area contributed by atoms with Gasteiger partial charge < -0.3 is 15.2 Å². The van der Waals surface area contributed by atoms with E-state index in [-0.39, 0.29) is 18.4 Å². The van der Waals surface area contributed by atoms with E-state index in [0.29, 0.717) is 17.9 Å². The summed E-state index contributed by atoms with van der Waals surface area (Å²) in [5.74, 6) is 0.130. The van der Waals surface area contributed by atoms with Crippen LogP contribution in [-0.4, -0.2) is 25.7 Å². The van der Waals surface area contributed by atoms with Crippen molar-refractivity contribution >= 4 is 34.3 Å². The Balaban J connectivity index is 0.00000324. The molecule has 108 valence electrons. The van der Waals surface area contributed by atoms with E-state index in [1.54, 1.807) is 18.2 Å². The zero-order chi connectivity index (χ0) is 13.5. The quantitative estimate of drug-likeness (QED) is 0.631. The van der Waals surface area contributed by atoms with Crippen LogP contribution in [0, 0.1) is 0 Å². The first-order valence-corrected chi connectivity index (χ1v) is 6.60. The summed E-state index contributed by atoms with van der Waals surface area (Å²) in [6.07, 6.45) is 1.74. The van der Waals surface area contributed by atoms with Gasteiger partial charge in [0.1, 0.15) is 11.3 Å². The summed E-state index contributed by atoms with van der Waals surface area (Å²) >= 11 is 3.35. The van der Waals surface area contributed by atoms with Gasteiger partial charge in [-0.25, -0.2) is 4.79 Å². The average molecular weight is 353 g/mol. The van der Waals surface area contributed by atoms with E-state index in [1.807, 2.05) is 6.92 Å². The van der Waals surface area contributed by atoms with Crippen LogP contribution < -0.4 is 10.5 Å². The molecule has 0 aromatic heterocycles. The predicted octanol–water partition coefficient (Wildman–Crippen LogP) is 3.16. The van der Waals surface area contributed by atoms with Crippen molar-refractivity contribution in [2.45, 2.75) is 25.8 Å². The highest BCUT2D eigenvalue weighted by Gasteiger charge is 2.13. The van der Waals surface area contributed by atoms with Crippen LogP contribution in [0.2, 0.25) is 0 Å². The molecule has 1 rings (SSSR count). The molecule has 0 bridgehead atoms. The van der Waals surface area contributed by atoms with Crippen LogP contribution in [0.3, 0.4) is 0 Å². The average Bonchev–Trinajstić information content (AvgIpc) is 2.33. The van der Waals surface area contributed by atoms with E-state index in [0.717, 1.165) is 17.3 Å². The Bertz CT molecular complexity index is 413. The number of esters is 1. The van der Waals surface area contributed by atoms with Crippen molar-refractivity contribution < 1.29 is 14.3 Å². The highest BCUT2D eigenvalue weighted by Crippen LogP contribution is 2.24. The second-order valence-electron chi connectivity index (χ2n) is 4.10. The lowest BCUT2D eigenvalue weighted by Gasteiger charge is -2.11. The van der Waals surface area contributed by atoms with Crippen LogP contribution >= 0.6 is 28.3 Å². The second-order valence-corrected chi connectivity index (χ2v) is 5.02. The first-order valence-electron chi connectivity index (χ1n) is 5.81. The third-order valence-corrected chi connectivity index (χ3v) is 2.90. The van der Waals surface area contributed by atoms with Gasteiger partial charge in [0, 0.05) is 10.5 Å². The van der Waals surface area contributed by atoms with Gasteiger partial charge in [0.2, 0.25) is 0 Å². The lowest BCUT2D eigenvalue weighted by atomic mass is 10.2. The monoisotopic (exact) mass is 351 g/mol. The molecule has 19 heavy (non-hydrogen) atoms. The van der Waals surface area contributed by atoms with Gasteiger partial charge in [0.05, 0.1) is 13.7 Å². The van der Waals surface area contributed by atoms with Gasteiger partial charge in [-0.1, -0.05) is 15.9 Å². The largest absolute Gasteiger partial charge is 0.493 e. The van der Waals surface area contributed by atoms with Gasteiger partial charge in [-0.15, -0.1) is 12.4 Å². The fraction of sp³-hybridized carbons (Fsp3) is 0.462. The minimum absolute atomic E-state index is 0. The van der Waals surface area contributed by atoms with Crippen LogP contribution in [0.4, 0.5) is 0 Å². The fourth-order valence-corrected chi connectivity index (χ4v) is 1.82. The highest BCUT2D eigenvalue weighted by atomic mass is 79.9. The lowest BCUT2D eigenvalue weighted by Crippen LogP contribution is -2.16. The molecule has 0 aliphatic carbocycles. The van der Waals surface area contributed by atoms with Crippen molar-refractivity contribution in [1.82, 2.24) is 0 Å². The van der Waals surface area contributed by atoms with Crippen LogP contribution in [0.15, 0.2) is 22.7 Å². The third kappa shape index (κ3) is 6.27. The summed E-state index contributed by atoms with van der Waals surface area (Å²) in [5, 5.41) is 0. The van der Waals surface area contributed by atoms with E-state index in [1.165, 1.54) is 7.11 Å².